The average molecular weight is 798 g/mol. The molecular formula is C51H91NO5. The zero-order chi connectivity index (χ0) is 41.7. The average Bonchev–Trinajstić information content (AvgIpc) is 3.20. The summed E-state index contributed by atoms with van der Waals surface area (Å²) >= 11 is 0. The van der Waals surface area contributed by atoms with Crippen LogP contribution in [0.15, 0.2) is 60.8 Å². The molecule has 0 aromatic carbocycles. The van der Waals surface area contributed by atoms with E-state index in [9.17, 15) is 19.8 Å². The first-order valence-corrected chi connectivity index (χ1v) is 24.1. The minimum Gasteiger partial charge on any atom is -0.462 e. The molecule has 3 N–H and O–H groups in total. The molecule has 6 heteroatoms. The summed E-state index contributed by atoms with van der Waals surface area (Å²) in [5, 5.41) is 23.7. The summed E-state index contributed by atoms with van der Waals surface area (Å²) in [4.78, 5) is 26.0. The van der Waals surface area contributed by atoms with Crippen molar-refractivity contribution in [1.82, 2.24) is 5.32 Å². The van der Waals surface area contributed by atoms with E-state index in [0.717, 1.165) is 83.5 Å². The van der Waals surface area contributed by atoms with Crippen LogP contribution in [0.25, 0.3) is 0 Å². The van der Waals surface area contributed by atoms with E-state index in [1.807, 2.05) is 24.3 Å². The summed E-state index contributed by atoms with van der Waals surface area (Å²) in [6.07, 6.45) is 54.2. The SMILES string of the molecule is CC/C=C/C=C/C=C/C=C\CCCCCC(CC(=O)NC(CO)C(O)CCCCCCCCCCCCCCCCC)OC(=O)CCCCCCC/C=C\CCC. The fourth-order valence-corrected chi connectivity index (χ4v) is 7.03. The number of allylic oxidation sites excluding steroid dienone is 10. The van der Waals surface area contributed by atoms with Gasteiger partial charge in [-0.25, -0.2) is 0 Å². The van der Waals surface area contributed by atoms with Crippen molar-refractivity contribution in [3.05, 3.63) is 60.8 Å². The lowest BCUT2D eigenvalue weighted by molar-refractivity contribution is -0.151. The molecule has 0 aliphatic carbocycles. The molecular weight excluding hydrogens is 707 g/mol. The highest BCUT2D eigenvalue weighted by Crippen LogP contribution is 2.17. The van der Waals surface area contributed by atoms with Crippen LogP contribution in [0.4, 0.5) is 0 Å². The van der Waals surface area contributed by atoms with Crippen LogP contribution < -0.4 is 5.32 Å². The molecule has 0 spiro atoms. The lowest BCUT2D eigenvalue weighted by Crippen LogP contribution is -2.46. The van der Waals surface area contributed by atoms with Crippen molar-refractivity contribution in [3.8, 4) is 0 Å². The summed E-state index contributed by atoms with van der Waals surface area (Å²) in [6.45, 7) is 6.26. The van der Waals surface area contributed by atoms with Crippen LogP contribution in [-0.4, -0.2) is 46.9 Å². The van der Waals surface area contributed by atoms with Crippen LogP contribution in [0, 0.1) is 0 Å². The Morgan fingerprint density at radius 1 is 0.526 bits per heavy atom. The van der Waals surface area contributed by atoms with Crippen molar-refractivity contribution in [2.24, 2.45) is 0 Å². The van der Waals surface area contributed by atoms with E-state index in [2.05, 4.69) is 62.5 Å². The first kappa shape index (κ1) is 54.6. The largest absolute Gasteiger partial charge is 0.462 e. The van der Waals surface area contributed by atoms with Gasteiger partial charge in [0.1, 0.15) is 6.10 Å². The van der Waals surface area contributed by atoms with Crippen LogP contribution in [0.1, 0.15) is 226 Å². The molecule has 0 saturated heterocycles. The van der Waals surface area contributed by atoms with E-state index in [0.29, 0.717) is 19.3 Å². The Morgan fingerprint density at radius 3 is 1.58 bits per heavy atom. The predicted octanol–water partition coefficient (Wildman–Crippen LogP) is 14.1. The molecule has 0 aliphatic rings. The molecule has 0 aromatic rings. The number of rotatable bonds is 42. The van der Waals surface area contributed by atoms with Gasteiger partial charge < -0.3 is 20.3 Å². The number of hydrogen-bond acceptors (Lipinski definition) is 5. The van der Waals surface area contributed by atoms with E-state index < -0.39 is 18.2 Å². The Morgan fingerprint density at radius 2 is 1.00 bits per heavy atom. The summed E-state index contributed by atoms with van der Waals surface area (Å²) in [5.74, 6) is -0.527. The second kappa shape index (κ2) is 44.7. The monoisotopic (exact) mass is 798 g/mol. The maximum Gasteiger partial charge on any atom is 0.306 e. The molecule has 3 atom stereocenters. The van der Waals surface area contributed by atoms with Crippen LogP contribution in [0.5, 0.6) is 0 Å². The number of aliphatic hydroxyl groups excluding tert-OH is 2. The molecule has 0 radical (unpaired) electrons. The number of esters is 1. The number of aliphatic hydroxyl groups is 2. The molecule has 0 fully saturated rings. The van der Waals surface area contributed by atoms with E-state index in [1.165, 1.54) is 96.3 Å². The number of carbonyl (C=O) groups excluding carboxylic acids is 2. The highest BCUT2D eigenvalue weighted by molar-refractivity contribution is 5.77. The Labute approximate surface area is 352 Å². The van der Waals surface area contributed by atoms with Gasteiger partial charge in [0.05, 0.1) is 25.2 Å². The first-order valence-electron chi connectivity index (χ1n) is 24.1. The van der Waals surface area contributed by atoms with E-state index >= 15 is 0 Å². The molecule has 6 nitrogen and oxygen atoms in total. The molecule has 1 amide bonds. The number of amides is 1. The zero-order valence-corrected chi connectivity index (χ0v) is 37.5. The Kier molecular flexibility index (Phi) is 42.7. The minimum atomic E-state index is -0.800. The normalized spacial score (nSPS) is 13.8. The van der Waals surface area contributed by atoms with Crippen molar-refractivity contribution in [2.75, 3.05) is 6.61 Å². The standard InChI is InChI=1S/C51H91NO5/c1-4-7-10-13-16-19-22-24-25-27-29-31-34-37-40-43-49(54)48(46-53)52-50(55)45-47(42-39-36-33-30-28-26-23-20-17-14-11-8-5-2)57-51(56)44-41-38-35-32-21-18-15-12-9-6-3/h8,11-12,14-15,17,20,23,26,28,47-49,53-54H,4-7,9-10,13,16,18-19,21-22,24-25,27,29-46H2,1-3H3,(H,52,55)/b11-8+,15-12-,17-14+,23-20+,28-26-. The second-order valence-corrected chi connectivity index (χ2v) is 16.2. The minimum absolute atomic E-state index is 0.0468. The molecule has 57 heavy (non-hydrogen) atoms. The molecule has 330 valence electrons. The zero-order valence-electron chi connectivity index (χ0n) is 37.5. The van der Waals surface area contributed by atoms with E-state index in [1.54, 1.807) is 0 Å². The summed E-state index contributed by atoms with van der Waals surface area (Å²) in [5.41, 5.74) is 0. The molecule has 3 unspecified atom stereocenters. The second-order valence-electron chi connectivity index (χ2n) is 16.2. The van der Waals surface area contributed by atoms with Gasteiger partial charge in [-0.2, -0.15) is 0 Å². The topological polar surface area (TPSA) is 95.9 Å². The van der Waals surface area contributed by atoms with Crippen molar-refractivity contribution in [3.63, 3.8) is 0 Å². The Balaban J connectivity index is 4.60. The quantitative estimate of drug-likeness (QED) is 0.0247. The van der Waals surface area contributed by atoms with Gasteiger partial charge in [-0.1, -0.05) is 210 Å². The van der Waals surface area contributed by atoms with Gasteiger partial charge in [-0.15, -0.1) is 0 Å². The number of nitrogens with one attached hydrogen (secondary N) is 1. The summed E-state index contributed by atoms with van der Waals surface area (Å²) in [6, 6.07) is -0.716. The highest BCUT2D eigenvalue weighted by atomic mass is 16.5. The van der Waals surface area contributed by atoms with Crippen LogP contribution in [-0.2, 0) is 14.3 Å². The third kappa shape index (κ3) is 40.1. The number of carbonyl (C=O) groups is 2. The van der Waals surface area contributed by atoms with E-state index in [-0.39, 0.29) is 24.9 Å². The van der Waals surface area contributed by atoms with Crippen molar-refractivity contribution in [2.45, 2.75) is 244 Å². The Hall–Kier alpha value is -2.44. The van der Waals surface area contributed by atoms with Crippen LogP contribution >= 0.6 is 0 Å². The van der Waals surface area contributed by atoms with Crippen LogP contribution in [0.3, 0.4) is 0 Å². The third-order valence-corrected chi connectivity index (χ3v) is 10.7. The summed E-state index contributed by atoms with van der Waals surface area (Å²) in [7, 11) is 0. The van der Waals surface area contributed by atoms with Gasteiger partial charge in [-0.05, 0) is 64.2 Å². The molecule has 0 bridgehead atoms. The van der Waals surface area contributed by atoms with Crippen LogP contribution in [0.2, 0.25) is 0 Å². The van der Waals surface area contributed by atoms with Gasteiger partial charge in [0, 0.05) is 6.42 Å². The molecule has 0 aliphatic heterocycles. The fourth-order valence-electron chi connectivity index (χ4n) is 7.03. The molecule has 0 saturated carbocycles. The Bertz CT molecular complexity index is 1030. The van der Waals surface area contributed by atoms with Crippen molar-refractivity contribution in [1.29, 1.82) is 0 Å². The highest BCUT2D eigenvalue weighted by Gasteiger charge is 2.24. The molecule has 0 aromatic heterocycles. The first-order chi connectivity index (χ1) is 28.0. The number of unbranched alkanes of at least 4 members (excludes halogenated alkanes) is 23. The number of ether oxygens (including phenoxy) is 1. The van der Waals surface area contributed by atoms with Crippen molar-refractivity contribution < 1.29 is 24.5 Å². The lowest BCUT2D eigenvalue weighted by Gasteiger charge is -2.24. The molecule has 0 rings (SSSR count). The number of hydrogen-bond donors (Lipinski definition) is 3. The van der Waals surface area contributed by atoms with Gasteiger partial charge >= 0.3 is 5.97 Å². The van der Waals surface area contributed by atoms with Gasteiger partial charge in [-0.3, -0.25) is 9.59 Å². The smallest absolute Gasteiger partial charge is 0.306 e. The summed E-state index contributed by atoms with van der Waals surface area (Å²) < 4.78 is 5.88. The molecule has 0 heterocycles. The maximum atomic E-state index is 13.1. The van der Waals surface area contributed by atoms with Crippen molar-refractivity contribution >= 4 is 11.9 Å². The lowest BCUT2D eigenvalue weighted by atomic mass is 10.0. The van der Waals surface area contributed by atoms with Gasteiger partial charge in [0.25, 0.3) is 0 Å². The van der Waals surface area contributed by atoms with Gasteiger partial charge in [0.15, 0.2) is 0 Å². The van der Waals surface area contributed by atoms with E-state index in [4.69, 9.17) is 4.74 Å². The predicted molar refractivity (Wildman–Crippen MR) is 245 cm³/mol. The van der Waals surface area contributed by atoms with Gasteiger partial charge in [0.2, 0.25) is 5.91 Å². The maximum absolute atomic E-state index is 13.1. The third-order valence-electron chi connectivity index (χ3n) is 10.7. The fraction of sp³-hybridized carbons (Fsp3) is 0.765.